The monoisotopic (exact) mass is 555 g/mol. The summed E-state index contributed by atoms with van der Waals surface area (Å²) in [6, 6.07) is 18.5. The van der Waals surface area contributed by atoms with Crippen molar-refractivity contribution in [3.63, 3.8) is 0 Å². The van der Waals surface area contributed by atoms with Crippen LogP contribution in [0.25, 0.3) is 0 Å². The number of benzene rings is 2. The van der Waals surface area contributed by atoms with Gasteiger partial charge in [0.05, 0.1) is 18.0 Å². The zero-order valence-electron chi connectivity index (χ0n) is 20.5. The van der Waals surface area contributed by atoms with Crippen LogP contribution in [-0.2, 0) is 32.6 Å². The number of hydrogen-bond acceptors (Lipinski definition) is 7. The van der Waals surface area contributed by atoms with Crippen molar-refractivity contribution in [3.8, 4) is 0 Å². The van der Waals surface area contributed by atoms with Gasteiger partial charge in [0.25, 0.3) is 5.91 Å². The van der Waals surface area contributed by atoms with Crippen LogP contribution in [0.3, 0.4) is 0 Å². The summed E-state index contributed by atoms with van der Waals surface area (Å²) in [4.78, 5) is 39.3. The minimum absolute atomic E-state index is 0.0268. The predicted octanol–water partition coefficient (Wildman–Crippen LogP) is 3.81. The Morgan fingerprint density at radius 1 is 1.19 bits per heavy atom. The molecule has 2 amide bonds. The molecule has 11 heteroatoms. The number of aromatic nitrogens is 1. The highest BCUT2D eigenvalue weighted by molar-refractivity contribution is 7.97. The Hall–Kier alpha value is -2.99. The van der Waals surface area contributed by atoms with Gasteiger partial charge in [-0.15, -0.1) is 0 Å². The molecule has 3 heterocycles. The number of ether oxygens (including phenoxy) is 1. The summed E-state index contributed by atoms with van der Waals surface area (Å²) in [6.07, 6.45) is 5.69. The molecule has 5 rings (SSSR count). The maximum atomic E-state index is 13.1. The lowest BCUT2D eigenvalue weighted by atomic mass is 9.87. The van der Waals surface area contributed by atoms with E-state index in [2.05, 4.69) is 22.8 Å². The molecular formula is C26H27N4O4S3+. The zero-order chi connectivity index (χ0) is 26.0. The second kappa shape index (κ2) is 10.8. The lowest BCUT2D eigenvalue weighted by Crippen LogP contribution is -2.53. The lowest BCUT2D eigenvalue weighted by Gasteiger charge is -2.36. The number of nitrogens with one attached hydrogen (secondary N) is 1. The molecule has 3 aromatic rings. The van der Waals surface area contributed by atoms with Crippen molar-refractivity contribution in [2.24, 2.45) is 5.92 Å². The number of thiazole rings is 1. The number of carbonyl (C=O) groups excluding carboxylic acids is 2. The van der Waals surface area contributed by atoms with Gasteiger partial charge >= 0.3 is 10.4 Å². The third-order valence-electron chi connectivity index (χ3n) is 6.48. The van der Waals surface area contributed by atoms with Gasteiger partial charge in [-0.1, -0.05) is 59.9 Å². The predicted molar refractivity (Wildman–Crippen MR) is 147 cm³/mol. The molecule has 2 fully saturated rings. The smallest absolute Gasteiger partial charge is 0.410 e. The van der Waals surface area contributed by atoms with E-state index in [-0.39, 0.29) is 34.4 Å². The minimum Gasteiger partial charge on any atom is -0.445 e. The quantitative estimate of drug-likeness (QED) is 0.379. The van der Waals surface area contributed by atoms with Gasteiger partial charge in [-0.05, 0) is 29.9 Å². The summed E-state index contributed by atoms with van der Waals surface area (Å²) in [6.45, 7) is 1.28. The standard InChI is InChI=1S/C26H26N4O4S3/c1-37(2)24-27-13-21(36-24)26-17-29(25(32)33-15-18-9-5-3-6-10-18)14-20(26)16-34-30(26)23(35)28-22(31)19-11-7-4-8-12-19/h3-13,20H,14-17H2,1-2H3/p+1. The summed E-state index contributed by atoms with van der Waals surface area (Å²) < 4.78 is 6.65. The number of hydroxylamine groups is 2. The number of nitrogens with zero attached hydrogens (tertiary/aromatic N) is 3. The van der Waals surface area contributed by atoms with Crippen LogP contribution in [0.1, 0.15) is 20.8 Å². The van der Waals surface area contributed by atoms with Gasteiger partial charge in [-0.2, -0.15) is 4.98 Å². The van der Waals surface area contributed by atoms with Crippen LogP contribution in [0.5, 0.6) is 0 Å². The Labute approximate surface area is 227 Å². The molecule has 37 heavy (non-hydrogen) atoms. The van der Waals surface area contributed by atoms with Crippen molar-refractivity contribution in [2.45, 2.75) is 16.5 Å². The topological polar surface area (TPSA) is 84.0 Å². The van der Waals surface area contributed by atoms with E-state index in [0.717, 1.165) is 14.8 Å². The van der Waals surface area contributed by atoms with Crippen molar-refractivity contribution in [3.05, 3.63) is 82.9 Å². The van der Waals surface area contributed by atoms with Crippen LogP contribution in [0, 0.1) is 5.92 Å². The number of thiocarbonyl (C=S) groups is 1. The van der Waals surface area contributed by atoms with Crippen LogP contribution in [0.2, 0.25) is 0 Å². The molecule has 1 aromatic heterocycles. The van der Waals surface area contributed by atoms with E-state index in [1.807, 2.05) is 42.6 Å². The number of fused-ring (bicyclic) bond motifs is 1. The Bertz CT molecular complexity index is 1290. The number of amides is 2. The van der Waals surface area contributed by atoms with Gasteiger partial charge in [0.1, 0.15) is 24.7 Å². The maximum absolute atomic E-state index is 13.1. The van der Waals surface area contributed by atoms with Crippen LogP contribution in [0.4, 0.5) is 4.79 Å². The third kappa shape index (κ3) is 5.08. The number of hydrogen-bond donors (Lipinski definition) is 1. The van der Waals surface area contributed by atoms with E-state index in [9.17, 15) is 9.59 Å². The van der Waals surface area contributed by atoms with Crippen molar-refractivity contribution in [1.82, 2.24) is 20.3 Å². The average molecular weight is 556 g/mol. The molecular weight excluding hydrogens is 529 g/mol. The van der Waals surface area contributed by atoms with E-state index in [1.54, 1.807) is 45.6 Å². The second-order valence-electron chi connectivity index (χ2n) is 9.06. The zero-order valence-corrected chi connectivity index (χ0v) is 22.9. The second-order valence-corrected chi connectivity index (χ2v) is 12.8. The van der Waals surface area contributed by atoms with Crippen LogP contribution in [-0.4, -0.2) is 64.3 Å². The highest BCUT2D eigenvalue weighted by Crippen LogP contribution is 2.49. The lowest BCUT2D eigenvalue weighted by molar-refractivity contribution is -0.103. The molecule has 8 nitrogen and oxygen atoms in total. The van der Waals surface area contributed by atoms with Crippen molar-refractivity contribution in [2.75, 3.05) is 32.2 Å². The first-order valence-electron chi connectivity index (χ1n) is 11.7. The van der Waals surface area contributed by atoms with Crippen molar-refractivity contribution < 1.29 is 19.2 Å². The highest BCUT2D eigenvalue weighted by Gasteiger charge is 2.60. The van der Waals surface area contributed by atoms with Gasteiger partial charge < -0.3 is 9.64 Å². The van der Waals surface area contributed by atoms with Crippen molar-refractivity contribution in [1.29, 1.82) is 0 Å². The molecule has 192 valence electrons. The summed E-state index contributed by atoms with van der Waals surface area (Å²) in [5.74, 6) is -0.397. The van der Waals surface area contributed by atoms with Crippen LogP contribution in [0.15, 0.2) is 71.2 Å². The highest BCUT2D eigenvalue weighted by atomic mass is 32.2. The fourth-order valence-electron chi connectivity index (χ4n) is 4.63. The SMILES string of the molecule is C[S+](C)c1ncc(C23CN(C(=O)OCc4ccccc4)CC2CON3C(=S)NC(=O)c2ccccc2)s1. The molecule has 0 radical (unpaired) electrons. The van der Waals surface area contributed by atoms with E-state index in [0.29, 0.717) is 25.3 Å². The molecule has 0 saturated carbocycles. The van der Waals surface area contributed by atoms with E-state index in [1.165, 1.54) is 0 Å². The van der Waals surface area contributed by atoms with Gasteiger partial charge in [0.2, 0.25) is 5.11 Å². The van der Waals surface area contributed by atoms with Gasteiger partial charge in [-0.25, -0.2) is 9.86 Å². The van der Waals surface area contributed by atoms with Crippen LogP contribution < -0.4 is 5.32 Å². The molecule has 2 saturated heterocycles. The molecule has 2 aliphatic rings. The Morgan fingerprint density at radius 3 is 2.57 bits per heavy atom. The summed E-state index contributed by atoms with van der Waals surface area (Å²) >= 11 is 7.28. The Morgan fingerprint density at radius 2 is 1.89 bits per heavy atom. The van der Waals surface area contributed by atoms with Gasteiger partial charge in [-0.3, -0.25) is 14.9 Å². The number of likely N-dealkylation sites (tertiary alicyclic amines) is 1. The summed E-state index contributed by atoms with van der Waals surface area (Å²) in [7, 11) is -0.0268. The Kier molecular flexibility index (Phi) is 7.47. The molecule has 1 N–H and O–H groups in total. The first kappa shape index (κ1) is 25.7. The van der Waals surface area contributed by atoms with E-state index >= 15 is 0 Å². The third-order valence-corrected chi connectivity index (χ3v) is 9.76. The molecule has 0 bridgehead atoms. The fourth-order valence-corrected chi connectivity index (χ4v) is 7.02. The molecule has 2 aromatic carbocycles. The molecule has 2 unspecified atom stereocenters. The van der Waals surface area contributed by atoms with Gasteiger partial charge in [0, 0.05) is 35.1 Å². The largest absolute Gasteiger partial charge is 0.445 e. The van der Waals surface area contributed by atoms with Crippen molar-refractivity contribution >= 4 is 51.6 Å². The number of rotatable bonds is 5. The average Bonchev–Trinajstić information content (AvgIpc) is 3.62. The molecule has 2 aliphatic heterocycles. The Balaban J connectivity index is 1.40. The first-order valence-corrected chi connectivity index (χ1v) is 15.0. The summed E-state index contributed by atoms with van der Waals surface area (Å²) in [5, 5.41) is 4.56. The minimum atomic E-state index is -0.776. The number of carbonyl (C=O) groups is 2. The normalized spacial score (nSPS) is 20.7. The van der Waals surface area contributed by atoms with Gasteiger partial charge in [0.15, 0.2) is 0 Å². The first-order chi connectivity index (χ1) is 17.9. The molecule has 2 atom stereocenters. The van der Waals surface area contributed by atoms with E-state index in [4.69, 9.17) is 21.8 Å². The van der Waals surface area contributed by atoms with Crippen LogP contribution >= 0.6 is 23.6 Å². The summed E-state index contributed by atoms with van der Waals surface area (Å²) in [5.41, 5.74) is 0.639. The molecule has 0 spiro atoms. The molecule has 0 aliphatic carbocycles. The maximum Gasteiger partial charge on any atom is 0.410 e. The van der Waals surface area contributed by atoms with E-state index < -0.39 is 11.6 Å². The fraction of sp³-hybridized carbons (Fsp3) is 0.308.